The Labute approximate surface area is 449 Å². The normalized spacial score (nSPS) is 14.5. The maximum absolute atomic E-state index is 2.71. The van der Waals surface area contributed by atoms with E-state index in [1.807, 2.05) is 0 Å². The van der Waals surface area contributed by atoms with Gasteiger partial charge in [0.25, 0.3) is 6.71 Å². The highest BCUT2D eigenvalue weighted by molar-refractivity contribution is 7.01. The van der Waals surface area contributed by atoms with E-state index in [2.05, 4.69) is 264 Å². The molecule has 0 spiro atoms. The Balaban J connectivity index is 1.09. The molecule has 366 valence electrons. The minimum absolute atomic E-state index is 0.00577. The smallest absolute Gasteiger partial charge is 0.253 e. The van der Waals surface area contributed by atoms with Crippen molar-refractivity contribution < 1.29 is 0 Å². The molecule has 3 nitrogen and oxygen atoms in total. The van der Waals surface area contributed by atoms with Crippen LogP contribution in [0.15, 0.2) is 194 Å². The van der Waals surface area contributed by atoms with Gasteiger partial charge in [0.2, 0.25) is 0 Å². The number of hydrogen-bond donors (Lipinski definition) is 0. The average molecular weight is 986 g/mol. The van der Waals surface area contributed by atoms with Crippen LogP contribution in [0.4, 0.5) is 17.1 Å². The third kappa shape index (κ3) is 5.48. The van der Waals surface area contributed by atoms with E-state index in [0.29, 0.717) is 0 Å². The molecule has 4 heterocycles. The lowest BCUT2D eigenvalue weighted by molar-refractivity contribution is 0.590. The molecule has 0 saturated heterocycles. The second kappa shape index (κ2) is 14.5. The Morgan fingerprint density at radius 2 is 1.00 bits per heavy atom. The second-order valence-corrected chi connectivity index (χ2v) is 25.2. The summed E-state index contributed by atoms with van der Waals surface area (Å²) in [5.41, 5.74) is 28.3. The third-order valence-electron chi connectivity index (χ3n) is 18.7. The zero-order valence-electron chi connectivity index (χ0n) is 44.9. The van der Waals surface area contributed by atoms with Crippen LogP contribution in [0.3, 0.4) is 0 Å². The fourth-order valence-corrected chi connectivity index (χ4v) is 15.1. The third-order valence-corrected chi connectivity index (χ3v) is 18.7. The molecule has 77 heavy (non-hydrogen) atoms. The lowest BCUT2D eigenvalue weighted by Crippen LogP contribution is -2.61. The fraction of sp³-hybridized carbons (Fsp3) is 0.151. The van der Waals surface area contributed by atoms with Crippen LogP contribution in [0.2, 0.25) is 0 Å². The summed E-state index contributed by atoms with van der Waals surface area (Å²) in [5, 5.41) is 10.4. The van der Waals surface area contributed by atoms with Gasteiger partial charge < -0.3 is 14.0 Å². The molecule has 0 fully saturated rings. The van der Waals surface area contributed by atoms with Gasteiger partial charge in [0.15, 0.2) is 0 Å². The molecule has 17 rings (SSSR count). The summed E-state index contributed by atoms with van der Waals surface area (Å²) in [6.45, 7) is 18.9. The van der Waals surface area contributed by atoms with E-state index in [0.717, 1.165) is 11.4 Å². The molecule has 0 unspecified atom stereocenters. The number of hydrogen-bond acceptors (Lipinski definition) is 1. The molecule has 4 aliphatic rings. The highest BCUT2D eigenvalue weighted by Crippen LogP contribution is 2.55. The molecule has 4 heteroatoms. The van der Waals surface area contributed by atoms with Crippen molar-refractivity contribution in [2.75, 3.05) is 4.90 Å². The Morgan fingerprint density at radius 3 is 1.77 bits per heavy atom. The lowest BCUT2D eigenvalue weighted by Gasteiger charge is -2.42. The van der Waals surface area contributed by atoms with E-state index < -0.39 is 0 Å². The molecule has 0 saturated carbocycles. The van der Waals surface area contributed by atoms with Crippen LogP contribution in [-0.2, 0) is 16.2 Å². The number of benzene rings is 11. The van der Waals surface area contributed by atoms with E-state index in [-0.39, 0.29) is 23.0 Å². The molecule has 2 aliphatic heterocycles. The summed E-state index contributed by atoms with van der Waals surface area (Å²) in [5.74, 6) is 0. The van der Waals surface area contributed by atoms with Gasteiger partial charge in [-0.25, -0.2) is 0 Å². The summed E-state index contributed by atoms with van der Waals surface area (Å²) in [7, 11) is 0. The lowest BCUT2D eigenvalue weighted by atomic mass is 9.32. The first-order valence-corrected chi connectivity index (χ1v) is 27.7. The highest BCUT2D eigenvalue weighted by Gasteiger charge is 2.48. The molecule has 13 aromatic rings. The molecule has 0 amide bonds. The van der Waals surface area contributed by atoms with E-state index in [4.69, 9.17) is 0 Å². The van der Waals surface area contributed by atoms with Crippen molar-refractivity contribution >= 4 is 105 Å². The average Bonchev–Trinajstić information content (AvgIpc) is 2.92. The standard InChI is InChI=1S/C73H56BN3/c1-71(2,3)43-29-32-45(33-30-43)75-57-36-31-44(72(4,5)6)37-56(57)74-68-61(75)38-46(76-58-26-16-24-51-49-21-12-11-20-48(49)50-23-15-18-42-28-35-60(76)67(63(42)50)66(51)58)39-62(68)77-59-34-27-41-17-9-10-19-47(41)64(59)53-40-55-65(69(74)70(53)77)52-22-13-14-25-54(52)73(55,7)8/h9-40H,1-8H3. The minimum atomic E-state index is -0.212. The van der Waals surface area contributed by atoms with Crippen LogP contribution in [0.5, 0.6) is 0 Å². The summed E-state index contributed by atoms with van der Waals surface area (Å²) < 4.78 is 5.32. The van der Waals surface area contributed by atoms with Gasteiger partial charge in [0, 0.05) is 49.7 Å². The van der Waals surface area contributed by atoms with Crippen LogP contribution in [0.1, 0.15) is 77.6 Å². The molecule has 0 atom stereocenters. The monoisotopic (exact) mass is 985 g/mol. The summed E-state index contributed by atoms with van der Waals surface area (Å²) in [4.78, 5) is 2.63. The van der Waals surface area contributed by atoms with Crippen LogP contribution < -0.4 is 21.3 Å². The number of rotatable bonds is 2. The number of aromatic nitrogens is 2. The first-order valence-electron chi connectivity index (χ1n) is 27.7. The topological polar surface area (TPSA) is 13.1 Å². The fourth-order valence-electron chi connectivity index (χ4n) is 15.1. The summed E-state index contributed by atoms with van der Waals surface area (Å²) in [6, 6.07) is 75.5. The summed E-state index contributed by atoms with van der Waals surface area (Å²) >= 11 is 0. The van der Waals surface area contributed by atoms with Gasteiger partial charge >= 0.3 is 0 Å². The molecule has 0 bridgehead atoms. The molecule has 2 aromatic heterocycles. The first-order chi connectivity index (χ1) is 37.3. The predicted octanol–water partition coefficient (Wildman–Crippen LogP) is 17.3. The van der Waals surface area contributed by atoms with Crippen molar-refractivity contribution in [1.82, 2.24) is 9.13 Å². The molecular weight excluding hydrogens is 930 g/mol. The molecular formula is C73H56BN3. The molecule has 11 aromatic carbocycles. The number of nitrogens with zero attached hydrogens (tertiary/aromatic N) is 3. The van der Waals surface area contributed by atoms with E-state index in [1.165, 1.54) is 154 Å². The van der Waals surface area contributed by atoms with Crippen LogP contribution in [-0.4, -0.2) is 15.8 Å². The van der Waals surface area contributed by atoms with Gasteiger partial charge in [0.05, 0.1) is 27.8 Å². The van der Waals surface area contributed by atoms with Crippen molar-refractivity contribution in [2.24, 2.45) is 0 Å². The minimum Gasteiger partial charge on any atom is -0.311 e. The maximum Gasteiger partial charge on any atom is 0.253 e. The van der Waals surface area contributed by atoms with Crippen molar-refractivity contribution in [1.29, 1.82) is 0 Å². The van der Waals surface area contributed by atoms with E-state index in [1.54, 1.807) is 0 Å². The summed E-state index contributed by atoms with van der Waals surface area (Å²) in [6.07, 6.45) is 0. The quantitative estimate of drug-likeness (QED) is 0.157. The van der Waals surface area contributed by atoms with Gasteiger partial charge in [-0.05, 0) is 159 Å². The van der Waals surface area contributed by atoms with Crippen molar-refractivity contribution in [2.45, 2.75) is 71.6 Å². The van der Waals surface area contributed by atoms with Gasteiger partial charge in [-0.1, -0.05) is 195 Å². The second-order valence-electron chi connectivity index (χ2n) is 25.2. The zero-order chi connectivity index (χ0) is 51.8. The zero-order valence-corrected chi connectivity index (χ0v) is 44.9. The molecule has 0 N–H and O–H groups in total. The van der Waals surface area contributed by atoms with Crippen LogP contribution in [0.25, 0.3) is 110 Å². The van der Waals surface area contributed by atoms with Gasteiger partial charge in [0.1, 0.15) is 0 Å². The van der Waals surface area contributed by atoms with E-state index >= 15 is 0 Å². The van der Waals surface area contributed by atoms with Gasteiger partial charge in [-0.15, -0.1) is 0 Å². The van der Waals surface area contributed by atoms with Gasteiger partial charge in [-0.3, -0.25) is 0 Å². The van der Waals surface area contributed by atoms with E-state index in [9.17, 15) is 0 Å². The largest absolute Gasteiger partial charge is 0.311 e. The van der Waals surface area contributed by atoms with Crippen LogP contribution in [0, 0.1) is 0 Å². The Morgan fingerprint density at radius 1 is 0.390 bits per heavy atom. The number of anilines is 3. The maximum atomic E-state index is 2.71. The first kappa shape index (κ1) is 43.6. The SMILES string of the molecule is CC(C)(C)c1ccc(N2c3ccc(C(C)(C)C)cc3B3c4c2cc(-n2c5cccc6c5c5c7c(cccc7ccc52)-c2ccccc2-6)cc4-n2c4ccc5ccccc5c4c4cc5c(c3c42)-c2ccccc2C5(C)C)cc1. The molecule has 0 radical (unpaired) electrons. The van der Waals surface area contributed by atoms with Crippen LogP contribution >= 0.6 is 0 Å². The molecule has 2 aliphatic carbocycles. The Bertz CT molecular complexity index is 4850. The van der Waals surface area contributed by atoms with Crippen molar-refractivity contribution in [3.05, 3.63) is 216 Å². The van der Waals surface area contributed by atoms with Gasteiger partial charge in [-0.2, -0.15) is 0 Å². The number of fused-ring (bicyclic) bond motifs is 16. The Kier molecular flexibility index (Phi) is 8.19. The van der Waals surface area contributed by atoms with Crippen molar-refractivity contribution in [3.8, 4) is 44.8 Å². The highest BCUT2D eigenvalue weighted by atomic mass is 15.2. The predicted molar refractivity (Wildman–Crippen MR) is 329 cm³/mol. The van der Waals surface area contributed by atoms with Crippen molar-refractivity contribution in [3.63, 3.8) is 0 Å². The Hall–Kier alpha value is -8.60.